The molecule has 0 aliphatic rings. The van der Waals surface area contributed by atoms with Crippen LogP contribution >= 0.6 is 11.8 Å². The first-order chi connectivity index (χ1) is 13.7. The molecule has 2 nitrogen and oxygen atoms in total. The molecule has 3 aromatic rings. The molecule has 1 N–H and O–H groups in total. The standard InChI is InChI=1S/C25H29NOS/c1-3-26(4-2)19-24(27)25(20-11-7-5-8-12-20)21-15-17-23(18-16-21)28-22-13-9-6-10-14-22/h5-18,24-25,27H,3-4,19H2,1-2H3. The van der Waals surface area contributed by atoms with Gasteiger partial charge in [-0.25, -0.2) is 0 Å². The molecule has 0 amide bonds. The fraction of sp³-hybridized carbons (Fsp3) is 0.280. The molecule has 0 fully saturated rings. The SMILES string of the molecule is CCN(CC)CC(O)C(c1ccccc1)c1ccc(Sc2ccccc2)cc1. The zero-order valence-electron chi connectivity index (χ0n) is 16.7. The lowest BCUT2D eigenvalue weighted by Gasteiger charge is -2.29. The second-order valence-electron chi connectivity index (χ2n) is 6.93. The van der Waals surface area contributed by atoms with Gasteiger partial charge in [0.1, 0.15) is 0 Å². The van der Waals surface area contributed by atoms with E-state index in [2.05, 4.69) is 79.4 Å². The zero-order valence-corrected chi connectivity index (χ0v) is 17.5. The van der Waals surface area contributed by atoms with Gasteiger partial charge in [-0.05, 0) is 48.5 Å². The lowest BCUT2D eigenvalue weighted by molar-refractivity contribution is 0.104. The first-order valence-electron chi connectivity index (χ1n) is 9.99. The van der Waals surface area contributed by atoms with Gasteiger partial charge in [-0.1, -0.05) is 86.3 Å². The number of aliphatic hydroxyl groups excluding tert-OH is 1. The zero-order chi connectivity index (χ0) is 19.8. The Balaban J connectivity index is 1.83. The Kier molecular flexibility index (Phi) is 7.72. The van der Waals surface area contributed by atoms with E-state index in [1.165, 1.54) is 9.79 Å². The van der Waals surface area contributed by atoms with Crippen molar-refractivity contribution in [3.8, 4) is 0 Å². The first-order valence-corrected chi connectivity index (χ1v) is 10.8. The second kappa shape index (κ2) is 10.5. The van der Waals surface area contributed by atoms with Gasteiger partial charge in [0.2, 0.25) is 0 Å². The normalized spacial score (nSPS) is 13.4. The Morgan fingerprint density at radius 2 is 1.21 bits per heavy atom. The summed E-state index contributed by atoms with van der Waals surface area (Å²) in [5.74, 6) is -0.0300. The maximum absolute atomic E-state index is 11.1. The van der Waals surface area contributed by atoms with Crippen LogP contribution in [0.15, 0.2) is 94.7 Å². The maximum Gasteiger partial charge on any atom is 0.0776 e. The molecule has 146 valence electrons. The number of rotatable bonds is 9. The summed E-state index contributed by atoms with van der Waals surface area (Å²) in [4.78, 5) is 4.72. The summed E-state index contributed by atoms with van der Waals surface area (Å²) in [6, 6.07) is 29.4. The largest absolute Gasteiger partial charge is 0.391 e. The van der Waals surface area contributed by atoms with E-state index in [1.807, 2.05) is 24.3 Å². The first kappa shape index (κ1) is 20.7. The molecular formula is C25H29NOS. The van der Waals surface area contributed by atoms with Crippen LogP contribution < -0.4 is 0 Å². The van der Waals surface area contributed by atoms with Crippen molar-refractivity contribution in [2.45, 2.75) is 35.7 Å². The van der Waals surface area contributed by atoms with E-state index in [9.17, 15) is 5.11 Å². The van der Waals surface area contributed by atoms with Gasteiger partial charge in [0.05, 0.1) is 6.10 Å². The molecule has 3 heteroatoms. The molecule has 0 aromatic heterocycles. The Morgan fingerprint density at radius 3 is 1.79 bits per heavy atom. The van der Waals surface area contributed by atoms with Crippen LogP contribution in [0.2, 0.25) is 0 Å². The molecular weight excluding hydrogens is 362 g/mol. The molecule has 0 spiro atoms. The summed E-state index contributed by atoms with van der Waals surface area (Å²) >= 11 is 1.76. The summed E-state index contributed by atoms with van der Waals surface area (Å²) in [6.07, 6.45) is -0.449. The Bertz CT molecular complexity index is 816. The molecule has 2 atom stereocenters. The molecule has 3 aromatic carbocycles. The number of aliphatic hydroxyl groups is 1. The van der Waals surface area contributed by atoms with E-state index in [0.29, 0.717) is 6.54 Å². The predicted octanol–water partition coefficient (Wildman–Crippen LogP) is 5.67. The van der Waals surface area contributed by atoms with Crippen LogP contribution in [0.3, 0.4) is 0 Å². The van der Waals surface area contributed by atoms with Crippen molar-refractivity contribution < 1.29 is 5.11 Å². The van der Waals surface area contributed by atoms with Gasteiger partial charge < -0.3 is 10.0 Å². The van der Waals surface area contributed by atoms with E-state index in [0.717, 1.165) is 24.2 Å². The van der Waals surface area contributed by atoms with Gasteiger partial charge >= 0.3 is 0 Å². The highest BCUT2D eigenvalue weighted by Crippen LogP contribution is 2.32. The third-order valence-electron chi connectivity index (χ3n) is 5.10. The fourth-order valence-electron chi connectivity index (χ4n) is 3.52. The van der Waals surface area contributed by atoms with Crippen LogP contribution in [-0.4, -0.2) is 35.7 Å². The smallest absolute Gasteiger partial charge is 0.0776 e. The maximum atomic E-state index is 11.1. The lowest BCUT2D eigenvalue weighted by Crippen LogP contribution is -2.36. The van der Waals surface area contributed by atoms with E-state index in [-0.39, 0.29) is 5.92 Å². The third-order valence-corrected chi connectivity index (χ3v) is 6.12. The highest BCUT2D eigenvalue weighted by molar-refractivity contribution is 7.99. The highest BCUT2D eigenvalue weighted by Gasteiger charge is 2.24. The minimum atomic E-state index is -0.449. The molecule has 0 bridgehead atoms. The number of nitrogens with zero attached hydrogens (tertiary/aromatic N) is 1. The fourth-order valence-corrected chi connectivity index (χ4v) is 4.35. The molecule has 0 saturated carbocycles. The van der Waals surface area contributed by atoms with Gasteiger partial charge in [0.15, 0.2) is 0 Å². The van der Waals surface area contributed by atoms with Gasteiger partial charge in [0, 0.05) is 22.3 Å². The average molecular weight is 392 g/mol. The summed E-state index contributed by atoms with van der Waals surface area (Å²) < 4.78 is 0. The predicted molar refractivity (Wildman–Crippen MR) is 119 cm³/mol. The Labute approximate surface area is 173 Å². The summed E-state index contributed by atoms with van der Waals surface area (Å²) in [7, 11) is 0. The number of benzene rings is 3. The number of hydrogen-bond donors (Lipinski definition) is 1. The molecule has 0 aliphatic heterocycles. The monoisotopic (exact) mass is 391 g/mol. The quantitative estimate of drug-likeness (QED) is 0.508. The molecule has 2 unspecified atom stereocenters. The van der Waals surface area contributed by atoms with Crippen molar-refractivity contribution in [1.82, 2.24) is 4.90 Å². The summed E-state index contributed by atoms with van der Waals surface area (Å²) in [5, 5.41) is 11.1. The average Bonchev–Trinajstić information content (AvgIpc) is 2.75. The highest BCUT2D eigenvalue weighted by atomic mass is 32.2. The Hall–Kier alpha value is -2.07. The third kappa shape index (κ3) is 5.48. The van der Waals surface area contributed by atoms with Crippen molar-refractivity contribution in [1.29, 1.82) is 0 Å². The van der Waals surface area contributed by atoms with Crippen LogP contribution in [0.25, 0.3) is 0 Å². The van der Waals surface area contributed by atoms with E-state index in [4.69, 9.17) is 0 Å². The minimum Gasteiger partial charge on any atom is -0.391 e. The molecule has 0 radical (unpaired) electrons. The van der Waals surface area contributed by atoms with Crippen molar-refractivity contribution in [3.05, 3.63) is 96.1 Å². The number of likely N-dealkylation sites (N-methyl/N-ethyl adjacent to an activating group) is 1. The molecule has 0 aliphatic carbocycles. The minimum absolute atomic E-state index is 0.0300. The van der Waals surface area contributed by atoms with Crippen molar-refractivity contribution in [2.75, 3.05) is 19.6 Å². The van der Waals surface area contributed by atoms with E-state index in [1.54, 1.807) is 11.8 Å². The molecule has 28 heavy (non-hydrogen) atoms. The van der Waals surface area contributed by atoms with Crippen LogP contribution in [0.5, 0.6) is 0 Å². The van der Waals surface area contributed by atoms with Crippen LogP contribution in [0, 0.1) is 0 Å². The lowest BCUT2D eigenvalue weighted by atomic mass is 9.86. The van der Waals surface area contributed by atoms with Crippen LogP contribution in [0.1, 0.15) is 30.9 Å². The van der Waals surface area contributed by atoms with E-state index >= 15 is 0 Å². The van der Waals surface area contributed by atoms with Gasteiger partial charge in [-0.15, -0.1) is 0 Å². The van der Waals surface area contributed by atoms with Gasteiger partial charge in [0.25, 0.3) is 0 Å². The van der Waals surface area contributed by atoms with E-state index < -0.39 is 6.10 Å². The topological polar surface area (TPSA) is 23.5 Å². The number of hydrogen-bond acceptors (Lipinski definition) is 3. The molecule has 0 saturated heterocycles. The second-order valence-corrected chi connectivity index (χ2v) is 8.07. The van der Waals surface area contributed by atoms with Gasteiger partial charge in [-0.3, -0.25) is 0 Å². The van der Waals surface area contributed by atoms with Crippen LogP contribution in [0.4, 0.5) is 0 Å². The summed E-state index contributed by atoms with van der Waals surface area (Å²) in [6.45, 7) is 6.85. The van der Waals surface area contributed by atoms with Crippen LogP contribution in [-0.2, 0) is 0 Å². The Morgan fingerprint density at radius 1 is 0.714 bits per heavy atom. The van der Waals surface area contributed by atoms with Gasteiger partial charge in [-0.2, -0.15) is 0 Å². The molecule has 0 heterocycles. The van der Waals surface area contributed by atoms with Crippen molar-refractivity contribution >= 4 is 11.8 Å². The van der Waals surface area contributed by atoms with Crippen molar-refractivity contribution in [3.63, 3.8) is 0 Å². The summed E-state index contributed by atoms with van der Waals surface area (Å²) in [5.41, 5.74) is 2.31. The van der Waals surface area contributed by atoms with Crippen molar-refractivity contribution in [2.24, 2.45) is 0 Å². The molecule has 3 rings (SSSR count).